The normalized spacial score (nSPS) is 17.5. The summed E-state index contributed by atoms with van der Waals surface area (Å²) in [5.74, 6) is 0.397. The van der Waals surface area contributed by atoms with Crippen LogP contribution in [0.3, 0.4) is 0 Å². The molecule has 22 heavy (non-hydrogen) atoms. The van der Waals surface area contributed by atoms with Crippen molar-refractivity contribution in [2.45, 2.75) is 18.9 Å². The van der Waals surface area contributed by atoms with Crippen molar-refractivity contribution in [1.82, 2.24) is 0 Å². The van der Waals surface area contributed by atoms with Gasteiger partial charge in [0.25, 0.3) is 0 Å². The molecule has 3 rings (SSSR count). The van der Waals surface area contributed by atoms with Gasteiger partial charge in [0.15, 0.2) is 6.29 Å². The van der Waals surface area contributed by atoms with Gasteiger partial charge in [0.1, 0.15) is 18.1 Å². The van der Waals surface area contributed by atoms with Gasteiger partial charge >= 0.3 is 0 Å². The Kier molecular flexibility index (Phi) is 4.28. The Hall–Kier alpha value is -2.49. The highest BCUT2D eigenvalue weighted by molar-refractivity contribution is 5.83. The van der Waals surface area contributed by atoms with E-state index in [4.69, 9.17) is 4.74 Å². The first-order valence-corrected chi connectivity index (χ1v) is 7.51. The maximum Gasteiger partial charge on any atom is 0.157 e. The van der Waals surface area contributed by atoms with E-state index in [0.29, 0.717) is 18.6 Å². The first-order valence-electron chi connectivity index (χ1n) is 7.51. The van der Waals surface area contributed by atoms with E-state index >= 15 is 0 Å². The molecule has 2 aromatic rings. The van der Waals surface area contributed by atoms with Gasteiger partial charge in [-0.2, -0.15) is 0 Å². The van der Waals surface area contributed by atoms with Crippen LogP contribution in [0, 0.1) is 0 Å². The van der Waals surface area contributed by atoms with E-state index in [1.165, 1.54) is 11.8 Å². The predicted molar refractivity (Wildman–Crippen MR) is 85.8 cm³/mol. The molecular weight excluding hydrogens is 278 g/mol. The molecule has 1 aliphatic heterocycles. The number of para-hydroxylation sites is 1. The second kappa shape index (κ2) is 6.52. The highest BCUT2D eigenvalue weighted by Gasteiger charge is 2.25. The summed E-state index contributed by atoms with van der Waals surface area (Å²) in [5, 5.41) is 9.69. The van der Waals surface area contributed by atoms with Crippen LogP contribution in [0.5, 0.6) is 11.5 Å². The van der Waals surface area contributed by atoms with Gasteiger partial charge < -0.3 is 14.7 Å². The molecule has 1 N–H and O–H groups in total. The number of hydrogen-bond donors (Lipinski definition) is 1. The van der Waals surface area contributed by atoms with E-state index in [9.17, 15) is 9.90 Å². The van der Waals surface area contributed by atoms with Crippen LogP contribution in [0.25, 0.3) is 0 Å². The van der Waals surface area contributed by atoms with Crippen LogP contribution >= 0.6 is 0 Å². The zero-order valence-corrected chi connectivity index (χ0v) is 12.3. The lowest BCUT2D eigenvalue weighted by Gasteiger charge is -2.27. The lowest BCUT2D eigenvalue weighted by atomic mass is 10.2. The quantitative estimate of drug-likeness (QED) is 0.861. The molecular formula is C18H19NO3. The van der Waals surface area contributed by atoms with Crippen molar-refractivity contribution in [2.75, 3.05) is 18.1 Å². The summed E-state index contributed by atoms with van der Waals surface area (Å²) in [6.45, 7) is 1.51. The highest BCUT2D eigenvalue weighted by atomic mass is 16.5. The van der Waals surface area contributed by atoms with E-state index in [0.717, 1.165) is 19.4 Å². The van der Waals surface area contributed by atoms with Gasteiger partial charge in [-0.15, -0.1) is 0 Å². The third kappa shape index (κ3) is 2.91. The molecule has 1 atom stereocenters. The molecule has 0 unspecified atom stereocenters. The van der Waals surface area contributed by atoms with Crippen LogP contribution in [-0.2, 0) is 0 Å². The molecule has 0 radical (unpaired) electrons. The fraction of sp³-hybridized carbons (Fsp3) is 0.278. The fourth-order valence-electron chi connectivity index (χ4n) is 2.93. The number of anilines is 1. The number of rotatable bonds is 5. The number of hydrogen-bond acceptors (Lipinski definition) is 4. The summed E-state index contributed by atoms with van der Waals surface area (Å²) in [7, 11) is 0. The van der Waals surface area contributed by atoms with Crippen molar-refractivity contribution in [3.8, 4) is 11.5 Å². The molecule has 0 aromatic heterocycles. The molecule has 0 saturated carbocycles. The monoisotopic (exact) mass is 297 g/mol. The molecule has 4 heteroatoms. The molecule has 2 aromatic carbocycles. The van der Waals surface area contributed by atoms with Crippen molar-refractivity contribution in [2.24, 2.45) is 0 Å². The van der Waals surface area contributed by atoms with Gasteiger partial charge in [0.05, 0.1) is 11.6 Å². The first kappa shape index (κ1) is 14.4. The third-order valence-electron chi connectivity index (χ3n) is 4.06. The molecule has 4 nitrogen and oxygen atoms in total. The largest absolute Gasteiger partial charge is 0.507 e. The summed E-state index contributed by atoms with van der Waals surface area (Å²) < 4.78 is 5.81. The Labute approximate surface area is 130 Å². The van der Waals surface area contributed by atoms with Crippen LogP contribution in [0.4, 0.5) is 5.69 Å². The minimum absolute atomic E-state index is 0.0427. The van der Waals surface area contributed by atoms with Crippen molar-refractivity contribution in [1.29, 1.82) is 0 Å². The van der Waals surface area contributed by atoms with Gasteiger partial charge in [0.2, 0.25) is 0 Å². The second-order valence-corrected chi connectivity index (χ2v) is 5.44. The molecule has 1 heterocycles. The van der Waals surface area contributed by atoms with Gasteiger partial charge in [-0.1, -0.05) is 24.3 Å². The topological polar surface area (TPSA) is 49.8 Å². The third-order valence-corrected chi connectivity index (χ3v) is 4.06. The summed E-state index contributed by atoms with van der Waals surface area (Å²) in [4.78, 5) is 13.4. The summed E-state index contributed by atoms with van der Waals surface area (Å²) >= 11 is 0. The number of ether oxygens (including phenoxy) is 1. The number of carbonyl (C=O) groups is 1. The van der Waals surface area contributed by atoms with Crippen molar-refractivity contribution in [3.63, 3.8) is 0 Å². The number of carbonyl (C=O) groups excluding carboxylic acids is 1. The average molecular weight is 297 g/mol. The van der Waals surface area contributed by atoms with Crippen molar-refractivity contribution < 1.29 is 14.6 Å². The Morgan fingerprint density at radius 1 is 1.18 bits per heavy atom. The van der Waals surface area contributed by atoms with E-state index in [1.807, 2.05) is 18.2 Å². The first-order chi connectivity index (χ1) is 10.8. The fourth-order valence-corrected chi connectivity index (χ4v) is 2.93. The van der Waals surface area contributed by atoms with E-state index in [1.54, 1.807) is 12.1 Å². The van der Waals surface area contributed by atoms with E-state index in [2.05, 4.69) is 17.0 Å². The molecule has 114 valence electrons. The molecule has 1 aliphatic rings. The minimum atomic E-state index is -0.0427. The molecule has 0 amide bonds. The van der Waals surface area contributed by atoms with E-state index in [-0.39, 0.29) is 17.4 Å². The Morgan fingerprint density at radius 3 is 2.77 bits per heavy atom. The lowest BCUT2D eigenvalue weighted by molar-refractivity contribution is 0.111. The van der Waals surface area contributed by atoms with Gasteiger partial charge in [-0.3, -0.25) is 4.79 Å². The molecule has 0 aliphatic carbocycles. The van der Waals surface area contributed by atoms with Crippen LogP contribution in [-0.4, -0.2) is 30.6 Å². The maximum atomic E-state index is 11.1. The zero-order chi connectivity index (χ0) is 15.4. The second-order valence-electron chi connectivity index (χ2n) is 5.44. The molecule has 0 bridgehead atoms. The van der Waals surface area contributed by atoms with Gasteiger partial charge in [-0.05, 0) is 37.1 Å². The summed E-state index contributed by atoms with van der Waals surface area (Å²) in [5.41, 5.74) is 1.41. The number of aromatic hydroxyl groups is 1. The molecule has 0 spiro atoms. The predicted octanol–water partition coefficient (Wildman–Crippen LogP) is 3.25. The number of phenols is 1. The van der Waals surface area contributed by atoms with Crippen LogP contribution in [0.1, 0.15) is 23.2 Å². The molecule has 1 saturated heterocycles. The highest BCUT2D eigenvalue weighted by Crippen LogP contribution is 2.28. The Bertz CT molecular complexity index is 642. The zero-order valence-electron chi connectivity index (χ0n) is 12.3. The Morgan fingerprint density at radius 2 is 2.00 bits per heavy atom. The van der Waals surface area contributed by atoms with E-state index < -0.39 is 0 Å². The SMILES string of the molecule is O=Cc1c(O)cccc1OC[C@H]1CCCN1c1ccccc1. The van der Waals surface area contributed by atoms with Gasteiger partial charge in [0, 0.05) is 12.2 Å². The van der Waals surface area contributed by atoms with Crippen LogP contribution in [0.15, 0.2) is 48.5 Å². The number of benzene rings is 2. The number of nitrogens with zero attached hydrogens (tertiary/aromatic N) is 1. The molecule has 1 fully saturated rings. The smallest absolute Gasteiger partial charge is 0.157 e. The average Bonchev–Trinajstić information content (AvgIpc) is 3.02. The Balaban J connectivity index is 1.71. The standard InChI is InChI=1S/C18H19NO3/c20-12-16-17(21)9-4-10-18(16)22-13-15-8-5-11-19(15)14-6-2-1-3-7-14/h1-4,6-7,9-10,12,15,21H,5,8,11,13H2/t15-/m1/s1. The minimum Gasteiger partial charge on any atom is -0.507 e. The number of aldehydes is 1. The van der Waals surface area contributed by atoms with Crippen molar-refractivity contribution >= 4 is 12.0 Å². The van der Waals surface area contributed by atoms with Crippen LogP contribution in [0.2, 0.25) is 0 Å². The summed E-state index contributed by atoms with van der Waals surface area (Å²) in [6, 6.07) is 15.4. The van der Waals surface area contributed by atoms with Crippen molar-refractivity contribution in [3.05, 3.63) is 54.1 Å². The number of phenolic OH excluding ortho intramolecular Hbond substituents is 1. The van der Waals surface area contributed by atoms with Gasteiger partial charge in [-0.25, -0.2) is 0 Å². The van der Waals surface area contributed by atoms with Crippen LogP contribution < -0.4 is 9.64 Å². The maximum absolute atomic E-state index is 11.1. The summed E-state index contributed by atoms with van der Waals surface area (Å²) in [6.07, 6.45) is 2.82. The lowest BCUT2D eigenvalue weighted by Crippen LogP contribution is -2.34.